The topological polar surface area (TPSA) is 91.6 Å². The van der Waals surface area contributed by atoms with Gasteiger partial charge in [0.25, 0.3) is 10.0 Å². The quantitative estimate of drug-likeness (QED) is 0.700. The van der Waals surface area contributed by atoms with E-state index in [0.717, 1.165) is 13.1 Å². The van der Waals surface area contributed by atoms with Crippen LogP contribution in [0.2, 0.25) is 0 Å². The maximum absolute atomic E-state index is 12.2. The first-order valence-corrected chi connectivity index (χ1v) is 7.99. The molecule has 0 saturated carbocycles. The van der Waals surface area contributed by atoms with Crippen molar-refractivity contribution in [1.82, 2.24) is 19.7 Å². The molecule has 0 aliphatic carbocycles. The Morgan fingerprint density at radius 3 is 2.50 bits per heavy atom. The molecule has 0 bridgehead atoms. The molecule has 1 fully saturated rings. The first-order valence-electron chi connectivity index (χ1n) is 6.10. The van der Waals surface area contributed by atoms with Crippen molar-refractivity contribution in [2.24, 2.45) is 5.73 Å². The minimum Gasteiger partial charge on any atom is -0.388 e. The average Bonchev–Trinajstić information content (AvgIpc) is 2.41. The molecule has 110 valence electrons. The fourth-order valence-electron chi connectivity index (χ4n) is 1.81. The predicted octanol–water partition coefficient (Wildman–Crippen LogP) is -0.843. The van der Waals surface area contributed by atoms with Crippen LogP contribution in [0.5, 0.6) is 0 Å². The number of hydrogen-bond acceptors (Lipinski definition) is 6. The lowest BCUT2D eigenvalue weighted by Gasteiger charge is -2.32. The zero-order chi connectivity index (χ0) is 14.8. The molecule has 2 heterocycles. The van der Waals surface area contributed by atoms with Gasteiger partial charge in [-0.05, 0) is 19.2 Å². The Balaban J connectivity index is 2.08. The van der Waals surface area contributed by atoms with Crippen LogP contribution in [-0.2, 0) is 10.0 Å². The molecule has 0 amide bonds. The van der Waals surface area contributed by atoms with E-state index in [0.29, 0.717) is 18.8 Å². The monoisotopic (exact) mass is 315 g/mol. The number of nitrogens with one attached hydrogen (secondary N) is 1. The highest BCUT2D eigenvalue weighted by Gasteiger charge is 2.21. The van der Waals surface area contributed by atoms with Gasteiger partial charge < -0.3 is 10.6 Å². The molecule has 7 nitrogen and oxygen atoms in total. The number of sulfonamides is 1. The molecule has 20 heavy (non-hydrogen) atoms. The maximum Gasteiger partial charge on any atom is 0.254 e. The van der Waals surface area contributed by atoms with Crippen LogP contribution in [0.3, 0.4) is 0 Å². The van der Waals surface area contributed by atoms with Crippen LogP contribution in [0.1, 0.15) is 5.69 Å². The van der Waals surface area contributed by atoms with Crippen molar-refractivity contribution < 1.29 is 8.42 Å². The minimum atomic E-state index is -3.61. The molecule has 0 radical (unpaired) electrons. The van der Waals surface area contributed by atoms with E-state index in [1.54, 1.807) is 5.01 Å². The summed E-state index contributed by atoms with van der Waals surface area (Å²) in [5.74, 6) is 0. The number of likely N-dealkylation sites (N-methyl/N-ethyl adjacent to an activating group) is 1. The van der Waals surface area contributed by atoms with Crippen molar-refractivity contribution in [3.8, 4) is 0 Å². The van der Waals surface area contributed by atoms with E-state index in [-0.39, 0.29) is 9.88 Å². The average molecular weight is 315 g/mol. The fraction of sp³-hybridized carbons (Fsp3) is 0.455. The summed E-state index contributed by atoms with van der Waals surface area (Å²) in [6.45, 7) is 2.94. The first-order chi connectivity index (χ1) is 9.38. The second-order valence-electron chi connectivity index (χ2n) is 4.63. The third-order valence-corrected chi connectivity index (χ3v) is 4.62. The summed E-state index contributed by atoms with van der Waals surface area (Å²) in [7, 11) is -1.60. The molecule has 1 aromatic heterocycles. The summed E-state index contributed by atoms with van der Waals surface area (Å²) in [5.41, 5.74) is 5.83. The summed E-state index contributed by atoms with van der Waals surface area (Å²) in [6.07, 6.45) is 1.26. The molecule has 1 aromatic rings. The SMILES string of the molecule is CN1CCN(NS(=O)(=O)c2ccc(C(N)=S)nc2)CC1. The van der Waals surface area contributed by atoms with Gasteiger partial charge in [0.05, 0.1) is 5.69 Å². The van der Waals surface area contributed by atoms with Crippen LogP contribution in [0.15, 0.2) is 23.2 Å². The highest BCUT2D eigenvalue weighted by Crippen LogP contribution is 2.09. The van der Waals surface area contributed by atoms with Crippen LogP contribution in [0.4, 0.5) is 0 Å². The molecule has 0 atom stereocenters. The van der Waals surface area contributed by atoms with Crippen LogP contribution in [0, 0.1) is 0 Å². The number of rotatable bonds is 4. The Hall–Kier alpha value is -1.13. The lowest BCUT2D eigenvalue weighted by atomic mass is 10.3. The summed E-state index contributed by atoms with van der Waals surface area (Å²) >= 11 is 4.78. The van der Waals surface area contributed by atoms with E-state index in [2.05, 4.69) is 14.7 Å². The number of hydrazine groups is 1. The van der Waals surface area contributed by atoms with Crippen LogP contribution in [0.25, 0.3) is 0 Å². The van der Waals surface area contributed by atoms with Gasteiger partial charge in [0, 0.05) is 32.4 Å². The molecule has 0 aromatic carbocycles. The summed E-state index contributed by atoms with van der Waals surface area (Å²) < 4.78 is 24.4. The van der Waals surface area contributed by atoms with Gasteiger partial charge in [-0.15, -0.1) is 4.83 Å². The van der Waals surface area contributed by atoms with E-state index in [4.69, 9.17) is 18.0 Å². The van der Waals surface area contributed by atoms with Crippen LogP contribution in [-0.4, -0.2) is 61.5 Å². The van der Waals surface area contributed by atoms with Gasteiger partial charge in [0.15, 0.2) is 0 Å². The van der Waals surface area contributed by atoms with Crippen molar-refractivity contribution in [1.29, 1.82) is 0 Å². The number of nitrogens with zero attached hydrogens (tertiary/aromatic N) is 3. The van der Waals surface area contributed by atoms with Gasteiger partial charge in [-0.1, -0.05) is 12.2 Å². The zero-order valence-electron chi connectivity index (χ0n) is 11.1. The van der Waals surface area contributed by atoms with E-state index >= 15 is 0 Å². The molecule has 1 aliphatic heterocycles. The number of nitrogens with two attached hydrogens (primary N) is 1. The largest absolute Gasteiger partial charge is 0.388 e. The van der Waals surface area contributed by atoms with E-state index in [1.165, 1.54) is 18.3 Å². The van der Waals surface area contributed by atoms with E-state index in [1.807, 2.05) is 7.05 Å². The molecule has 0 unspecified atom stereocenters. The van der Waals surface area contributed by atoms with Gasteiger partial charge in [0.2, 0.25) is 0 Å². The second-order valence-corrected chi connectivity index (χ2v) is 6.73. The Labute approximate surface area is 123 Å². The van der Waals surface area contributed by atoms with Gasteiger partial charge >= 0.3 is 0 Å². The summed E-state index contributed by atoms with van der Waals surface area (Å²) in [6, 6.07) is 2.95. The normalized spacial score (nSPS) is 18.1. The molecule has 2 rings (SSSR count). The number of pyridine rings is 1. The van der Waals surface area contributed by atoms with E-state index < -0.39 is 10.0 Å². The van der Waals surface area contributed by atoms with Crippen LogP contribution >= 0.6 is 12.2 Å². The van der Waals surface area contributed by atoms with Gasteiger partial charge in [-0.25, -0.2) is 13.4 Å². The van der Waals surface area contributed by atoms with Gasteiger partial charge in [-0.3, -0.25) is 4.98 Å². The predicted molar refractivity (Wildman–Crippen MR) is 79.5 cm³/mol. The third-order valence-electron chi connectivity index (χ3n) is 3.05. The molecule has 1 saturated heterocycles. The van der Waals surface area contributed by atoms with Crippen LogP contribution < -0.4 is 10.6 Å². The Kier molecular flexibility index (Phi) is 4.66. The second kappa shape index (κ2) is 6.10. The highest BCUT2D eigenvalue weighted by molar-refractivity contribution is 7.89. The Morgan fingerprint density at radius 2 is 2.00 bits per heavy atom. The Bertz CT molecular complexity index is 579. The lowest BCUT2D eigenvalue weighted by Crippen LogP contribution is -2.52. The minimum absolute atomic E-state index is 0.0939. The number of aromatic nitrogens is 1. The molecular weight excluding hydrogens is 298 g/mol. The third kappa shape index (κ3) is 3.70. The standard InChI is InChI=1S/C11H17N5O2S2/c1-15-4-6-16(7-5-15)14-20(17,18)9-2-3-10(11(12)19)13-8-9/h2-3,8,14H,4-7H2,1H3,(H2,12,19). The van der Waals surface area contributed by atoms with Crippen molar-refractivity contribution >= 4 is 27.2 Å². The molecule has 3 N–H and O–H groups in total. The molecule has 9 heteroatoms. The van der Waals surface area contributed by atoms with E-state index in [9.17, 15) is 8.42 Å². The number of piperazine rings is 1. The molecule has 1 aliphatic rings. The van der Waals surface area contributed by atoms with Gasteiger partial charge in [-0.2, -0.15) is 0 Å². The van der Waals surface area contributed by atoms with Crippen molar-refractivity contribution in [2.75, 3.05) is 33.2 Å². The molecule has 0 spiro atoms. The zero-order valence-corrected chi connectivity index (χ0v) is 12.7. The number of thiocarbonyl (C=S) groups is 1. The van der Waals surface area contributed by atoms with Gasteiger partial charge in [0.1, 0.15) is 9.88 Å². The summed E-state index contributed by atoms with van der Waals surface area (Å²) in [5, 5.41) is 1.69. The first kappa shape index (κ1) is 15.3. The van der Waals surface area contributed by atoms with Crippen molar-refractivity contribution in [3.63, 3.8) is 0 Å². The Morgan fingerprint density at radius 1 is 1.35 bits per heavy atom. The van der Waals surface area contributed by atoms with Crippen molar-refractivity contribution in [2.45, 2.75) is 4.90 Å². The highest BCUT2D eigenvalue weighted by atomic mass is 32.2. The smallest absolute Gasteiger partial charge is 0.254 e. The number of hydrogen-bond donors (Lipinski definition) is 2. The fourth-order valence-corrected chi connectivity index (χ4v) is 2.99. The van der Waals surface area contributed by atoms with Crippen molar-refractivity contribution in [3.05, 3.63) is 24.0 Å². The maximum atomic E-state index is 12.2. The lowest BCUT2D eigenvalue weighted by molar-refractivity contribution is 0.135. The summed E-state index contributed by atoms with van der Waals surface area (Å²) in [4.78, 5) is 8.87. The molecular formula is C11H17N5O2S2.